The van der Waals surface area contributed by atoms with E-state index < -0.39 is 0 Å². The van der Waals surface area contributed by atoms with Crippen molar-refractivity contribution in [3.63, 3.8) is 0 Å². The Morgan fingerprint density at radius 2 is 2.00 bits per heavy atom. The highest BCUT2D eigenvalue weighted by molar-refractivity contribution is 6.29. The van der Waals surface area contributed by atoms with Crippen LogP contribution < -0.4 is 5.32 Å². The van der Waals surface area contributed by atoms with Gasteiger partial charge in [-0.3, -0.25) is 4.79 Å². The first-order chi connectivity index (χ1) is 9.72. The zero-order valence-corrected chi connectivity index (χ0v) is 11.0. The first-order valence-corrected chi connectivity index (χ1v) is 6.25. The number of rotatable bonds is 3. The molecule has 6 heteroatoms. The number of carbonyl (C=O) groups is 1. The van der Waals surface area contributed by atoms with Gasteiger partial charge in [-0.2, -0.15) is 0 Å². The summed E-state index contributed by atoms with van der Waals surface area (Å²) < 4.78 is 6.91. The van der Waals surface area contributed by atoms with Gasteiger partial charge >= 0.3 is 0 Å². The zero-order chi connectivity index (χ0) is 13.9. The van der Waals surface area contributed by atoms with Crippen LogP contribution in [0.3, 0.4) is 0 Å². The van der Waals surface area contributed by atoms with Crippen LogP contribution in [0.4, 0.5) is 5.69 Å². The number of amides is 1. The second-order valence-electron chi connectivity index (χ2n) is 4.07. The second-order valence-corrected chi connectivity index (χ2v) is 4.45. The maximum atomic E-state index is 11.9. The number of hydrogen-bond acceptors (Lipinski definition) is 3. The molecule has 0 fully saturated rings. The van der Waals surface area contributed by atoms with E-state index in [9.17, 15) is 4.79 Å². The van der Waals surface area contributed by atoms with Gasteiger partial charge in [-0.25, -0.2) is 4.98 Å². The summed E-state index contributed by atoms with van der Waals surface area (Å²) in [7, 11) is 0. The minimum absolute atomic E-state index is 0.175. The van der Waals surface area contributed by atoms with E-state index in [0.717, 1.165) is 5.69 Å². The summed E-state index contributed by atoms with van der Waals surface area (Å²) in [5.74, 6) is -0.166. The number of halogens is 1. The zero-order valence-electron chi connectivity index (χ0n) is 10.3. The first kappa shape index (κ1) is 12.5. The van der Waals surface area contributed by atoms with E-state index in [4.69, 9.17) is 16.0 Å². The minimum atomic E-state index is -0.340. The van der Waals surface area contributed by atoms with Gasteiger partial charge in [-0.05, 0) is 48.0 Å². The van der Waals surface area contributed by atoms with Crippen LogP contribution >= 0.6 is 11.6 Å². The summed E-state index contributed by atoms with van der Waals surface area (Å²) in [6.07, 6.45) is 5.26. The molecule has 1 N–H and O–H groups in total. The Hall–Kier alpha value is -2.53. The number of aromatic nitrogens is 2. The number of benzene rings is 1. The Kier molecular flexibility index (Phi) is 3.26. The number of nitrogens with one attached hydrogen (secondary N) is 1. The van der Waals surface area contributed by atoms with Gasteiger partial charge < -0.3 is 14.3 Å². The third-order valence-corrected chi connectivity index (χ3v) is 2.93. The summed E-state index contributed by atoms with van der Waals surface area (Å²) in [4.78, 5) is 15.8. The van der Waals surface area contributed by atoms with E-state index in [1.165, 1.54) is 12.1 Å². The fraction of sp³-hybridized carbons (Fsp3) is 0. The van der Waals surface area contributed by atoms with Crippen LogP contribution in [0.5, 0.6) is 0 Å². The molecule has 0 atom stereocenters. The van der Waals surface area contributed by atoms with Crippen molar-refractivity contribution >= 4 is 23.2 Å². The predicted molar refractivity (Wildman–Crippen MR) is 75.2 cm³/mol. The highest BCUT2D eigenvalue weighted by Gasteiger charge is 2.10. The van der Waals surface area contributed by atoms with Gasteiger partial charge in [0.15, 0.2) is 11.0 Å². The molecule has 2 heterocycles. The Bertz CT molecular complexity index is 717. The molecule has 5 nitrogen and oxygen atoms in total. The highest BCUT2D eigenvalue weighted by atomic mass is 35.5. The molecule has 3 rings (SSSR count). The molecule has 0 spiro atoms. The lowest BCUT2D eigenvalue weighted by Gasteiger charge is -2.05. The fourth-order valence-electron chi connectivity index (χ4n) is 1.76. The van der Waals surface area contributed by atoms with Crippen LogP contribution in [0.15, 0.2) is 59.5 Å². The third kappa shape index (κ3) is 2.57. The number of hydrogen-bond donors (Lipinski definition) is 1. The maximum absolute atomic E-state index is 11.9. The summed E-state index contributed by atoms with van der Waals surface area (Å²) >= 11 is 5.63. The van der Waals surface area contributed by atoms with Crippen molar-refractivity contribution in [3.05, 3.63) is 66.1 Å². The molecule has 0 saturated carbocycles. The average molecular weight is 288 g/mol. The SMILES string of the molecule is O=C(Nc1ccc(-n2ccnc2)cc1)c1ccc(Cl)o1. The van der Waals surface area contributed by atoms with Gasteiger partial charge in [0.25, 0.3) is 5.91 Å². The predicted octanol–water partition coefficient (Wildman–Crippen LogP) is 3.37. The summed E-state index contributed by atoms with van der Waals surface area (Å²) in [5, 5.41) is 2.91. The highest BCUT2D eigenvalue weighted by Crippen LogP contribution is 2.17. The quantitative estimate of drug-likeness (QED) is 0.803. The van der Waals surface area contributed by atoms with Crippen LogP contribution in [0.25, 0.3) is 5.69 Å². The Labute approximate surface area is 119 Å². The minimum Gasteiger partial charge on any atom is -0.440 e. The molecular weight excluding hydrogens is 278 g/mol. The number of furan rings is 1. The number of nitrogens with zero attached hydrogens (tertiary/aromatic N) is 2. The molecular formula is C14H10ClN3O2. The van der Waals surface area contributed by atoms with Crippen molar-refractivity contribution < 1.29 is 9.21 Å². The largest absolute Gasteiger partial charge is 0.440 e. The maximum Gasteiger partial charge on any atom is 0.291 e. The second kappa shape index (κ2) is 5.22. The van der Waals surface area contributed by atoms with E-state index in [1.54, 1.807) is 24.7 Å². The van der Waals surface area contributed by atoms with Crippen LogP contribution in [-0.2, 0) is 0 Å². The van der Waals surface area contributed by atoms with Gasteiger partial charge in [-0.1, -0.05) is 0 Å². The van der Waals surface area contributed by atoms with Crippen LogP contribution in [0, 0.1) is 0 Å². The molecule has 0 radical (unpaired) electrons. The van der Waals surface area contributed by atoms with Gasteiger partial charge in [0, 0.05) is 23.8 Å². The van der Waals surface area contributed by atoms with Crippen LogP contribution in [0.1, 0.15) is 10.6 Å². The molecule has 1 aromatic carbocycles. The van der Waals surface area contributed by atoms with Crippen molar-refractivity contribution in [1.82, 2.24) is 9.55 Å². The van der Waals surface area contributed by atoms with Crippen molar-refractivity contribution in [2.45, 2.75) is 0 Å². The van der Waals surface area contributed by atoms with E-state index >= 15 is 0 Å². The average Bonchev–Trinajstić information content (AvgIpc) is 3.10. The molecule has 20 heavy (non-hydrogen) atoms. The Morgan fingerprint density at radius 3 is 2.60 bits per heavy atom. The molecule has 0 aliphatic carbocycles. The van der Waals surface area contributed by atoms with Crippen molar-refractivity contribution in [2.75, 3.05) is 5.32 Å². The Balaban J connectivity index is 1.74. The molecule has 1 amide bonds. The lowest BCUT2D eigenvalue weighted by atomic mass is 10.2. The summed E-state index contributed by atoms with van der Waals surface area (Å²) in [6, 6.07) is 10.4. The monoisotopic (exact) mass is 287 g/mol. The molecule has 0 saturated heterocycles. The van der Waals surface area contributed by atoms with Crippen LogP contribution in [-0.4, -0.2) is 15.5 Å². The summed E-state index contributed by atoms with van der Waals surface area (Å²) in [5.41, 5.74) is 1.63. The van der Waals surface area contributed by atoms with Gasteiger partial charge in [0.2, 0.25) is 0 Å². The Morgan fingerprint density at radius 1 is 1.20 bits per heavy atom. The van der Waals surface area contributed by atoms with Crippen molar-refractivity contribution in [1.29, 1.82) is 0 Å². The van der Waals surface area contributed by atoms with E-state index in [-0.39, 0.29) is 16.9 Å². The van der Waals surface area contributed by atoms with Crippen LogP contribution in [0.2, 0.25) is 5.22 Å². The molecule has 100 valence electrons. The summed E-state index contributed by atoms with van der Waals surface area (Å²) in [6.45, 7) is 0. The fourth-order valence-corrected chi connectivity index (χ4v) is 1.90. The number of anilines is 1. The number of imidazole rings is 1. The van der Waals surface area contributed by atoms with Gasteiger partial charge in [0.05, 0.1) is 6.33 Å². The normalized spacial score (nSPS) is 10.4. The van der Waals surface area contributed by atoms with E-state index in [2.05, 4.69) is 10.3 Å². The lowest BCUT2D eigenvalue weighted by molar-refractivity contribution is 0.0997. The molecule has 0 bridgehead atoms. The van der Waals surface area contributed by atoms with Gasteiger partial charge in [0.1, 0.15) is 0 Å². The standard InChI is InChI=1S/C14H10ClN3O2/c15-13-6-5-12(20-13)14(19)17-10-1-3-11(4-2-10)18-8-7-16-9-18/h1-9H,(H,17,19). The third-order valence-electron chi connectivity index (χ3n) is 2.72. The molecule has 0 unspecified atom stereocenters. The van der Waals surface area contributed by atoms with Crippen molar-refractivity contribution in [3.8, 4) is 5.69 Å². The van der Waals surface area contributed by atoms with Crippen molar-refractivity contribution in [2.24, 2.45) is 0 Å². The van der Waals surface area contributed by atoms with Gasteiger partial charge in [-0.15, -0.1) is 0 Å². The smallest absolute Gasteiger partial charge is 0.291 e. The first-order valence-electron chi connectivity index (χ1n) is 5.87. The molecule has 0 aliphatic rings. The molecule has 0 aliphatic heterocycles. The van der Waals surface area contributed by atoms with E-state index in [0.29, 0.717) is 5.69 Å². The number of carbonyl (C=O) groups excluding carboxylic acids is 1. The molecule has 3 aromatic rings. The lowest BCUT2D eigenvalue weighted by Crippen LogP contribution is -2.10. The molecule has 2 aromatic heterocycles. The van der Waals surface area contributed by atoms with E-state index in [1.807, 2.05) is 22.9 Å². The topological polar surface area (TPSA) is 60.1 Å².